The van der Waals surface area contributed by atoms with Crippen molar-refractivity contribution in [2.75, 3.05) is 25.2 Å². The SMILES string of the molecule is COc1ccc(N)cc1NC(=O)C(C)N(C)C1CCC1. The molecule has 0 radical (unpaired) electrons. The van der Waals surface area contributed by atoms with Gasteiger partial charge in [0.2, 0.25) is 5.91 Å². The Hall–Kier alpha value is -1.75. The number of likely N-dealkylation sites (N-methyl/N-ethyl adjacent to an activating group) is 1. The van der Waals surface area contributed by atoms with E-state index in [4.69, 9.17) is 10.5 Å². The molecule has 1 aromatic rings. The first kappa shape index (κ1) is 14.7. The second-order valence-corrected chi connectivity index (χ2v) is 5.38. The van der Waals surface area contributed by atoms with Gasteiger partial charge in [0.15, 0.2) is 0 Å². The summed E-state index contributed by atoms with van der Waals surface area (Å²) in [6.45, 7) is 1.92. The van der Waals surface area contributed by atoms with Gasteiger partial charge in [0.25, 0.3) is 0 Å². The number of nitrogen functional groups attached to an aromatic ring is 1. The van der Waals surface area contributed by atoms with Crippen LogP contribution < -0.4 is 15.8 Å². The van der Waals surface area contributed by atoms with E-state index in [1.165, 1.54) is 19.3 Å². The predicted molar refractivity (Wildman–Crippen MR) is 80.9 cm³/mol. The van der Waals surface area contributed by atoms with Gasteiger partial charge >= 0.3 is 0 Å². The van der Waals surface area contributed by atoms with Crippen LogP contribution in [0.4, 0.5) is 11.4 Å². The highest BCUT2D eigenvalue weighted by molar-refractivity contribution is 5.96. The first-order chi connectivity index (χ1) is 9.52. The molecule has 0 heterocycles. The predicted octanol–water partition coefficient (Wildman–Crippen LogP) is 2.09. The molecule has 5 heteroatoms. The molecule has 1 saturated carbocycles. The minimum Gasteiger partial charge on any atom is -0.495 e. The van der Waals surface area contributed by atoms with E-state index in [-0.39, 0.29) is 11.9 Å². The van der Waals surface area contributed by atoms with Gasteiger partial charge in [-0.3, -0.25) is 9.69 Å². The van der Waals surface area contributed by atoms with Gasteiger partial charge in [-0.25, -0.2) is 0 Å². The first-order valence-corrected chi connectivity index (χ1v) is 6.99. The average molecular weight is 277 g/mol. The number of benzene rings is 1. The summed E-state index contributed by atoms with van der Waals surface area (Å²) in [5.74, 6) is 0.578. The number of carbonyl (C=O) groups is 1. The van der Waals surface area contributed by atoms with Crippen LogP contribution in [0.5, 0.6) is 5.75 Å². The summed E-state index contributed by atoms with van der Waals surface area (Å²) in [6.07, 6.45) is 3.61. The smallest absolute Gasteiger partial charge is 0.241 e. The van der Waals surface area contributed by atoms with E-state index in [1.807, 2.05) is 14.0 Å². The molecule has 20 heavy (non-hydrogen) atoms. The van der Waals surface area contributed by atoms with Gasteiger partial charge in [-0.05, 0) is 45.0 Å². The summed E-state index contributed by atoms with van der Waals surface area (Å²) in [7, 11) is 3.58. The zero-order valence-electron chi connectivity index (χ0n) is 12.3. The number of hydrogen-bond acceptors (Lipinski definition) is 4. The Balaban J connectivity index is 2.04. The third kappa shape index (κ3) is 3.04. The monoisotopic (exact) mass is 277 g/mol. The molecule has 1 aliphatic rings. The lowest BCUT2D eigenvalue weighted by Gasteiger charge is -2.37. The molecule has 0 bridgehead atoms. The molecule has 0 spiro atoms. The molecule has 5 nitrogen and oxygen atoms in total. The van der Waals surface area contributed by atoms with Crippen LogP contribution in [-0.4, -0.2) is 37.0 Å². The van der Waals surface area contributed by atoms with Crippen molar-refractivity contribution >= 4 is 17.3 Å². The summed E-state index contributed by atoms with van der Waals surface area (Å²) >= 11 is 0. The van der Waals surface area contributed by atoms with Crippen molar-refractivity contribution < 1.29 is 9.53 Å². The van der Waals surface area contributed by atoms with Crippen LogP contribution in [-0.2, 0) is 4.79 Å². The molecule has 0 aromatic heterocycles. The Morgan fingerprint density at radius 2 is 2.20 bits per heavy atom. The third-order valence-corrected chi connectivity index (χ3v) is 4.12. The van der Waals surface area contributed by atoms with Crippen molar-refractivity contribution in [1.29, 1.82) is 0 Å². The van der Waals surface area contributed by atoms with Crippen LogP contribution in [0.15, 0.2) is 18.2 Å². The Bertz CT molecular complexity index is 486. The van der Waals surface area contributed by atoms with Gasteiger partial charge in [0.05, 0.1) is 18.8 Å². The van der Waals surface area contributed by atoms with E-state index in [9.17, 15) is 4.79 Å². The maximum Gasteiger partial charge on any atom is 0.241 e. The molecule has 0 saturated heterocycles. The van der Waals surface area contributed by atoms with Crippen LogP contribution in [0.3, 0.4) is 0 Å². The van der Waals surface area contributed by atoms with Crippen molar-refractivity contribution in [1.82, 2.24) is 4.90 Å². The lowest BCUT2D eigenvalue weighted by molar-refractivity contribution is -0.121. The van der Waals surface area contributed by atoms with Gasteiger partial charge in [0.1, 0.15) is 5.75 Å². The van der Waals surface area contributed by atoms with Crippen molar-refractivity contribution in [3.63, 3.8) is 0 Å². The standard InChI is InChI=1S/C15H23N3O2/c1-10(18(2)12-5-4-6-12)15(19)17-13-9-11(16)7-8-14(13)20-3/h7-10,12H,4-6,16H2,1-3H3,(H,17,19). The maximum atomic E-state index is 12.3. The third-order valence-electron chi connectivity index (χ3n) is 4.12. The van der Waals surface area contributed by atoms with Crippen LogP contribution in [0, 0.1) is 0 Å². The summed E-state index contributed by atoms with van der Waals surface area (Å²) < 4.78 is 5.24. The lowest BCUT2D eigenvalue weighted by Crippen LogP contribution is -2.47. The number of nitrogens with two attached hydrogens (primary N) is 1. The number of nitrogens with one attached hydrogen (secondary N) is 1. The zero-order valence-corrected chi connectivity index (χ0v) is 12.3. The Labute approximate surface area is 120 Å². The van der Waals surface area contributed by atoms with E-state index < -0.39 is 0 Å². The highest BCUT2D eigenvalue weighted by Gasteiger charge is 2.29. The van der Waals surface area contributed by atoms with E-state index in [0.29, 0.717) is 23.2 Å². The minimum absolute atomic E-state index is 0.0386. The molecule has 1 unspecified atom stereocenters. The fraction of sp³-hybridized carbons (Fsp3) is 0.533. The largest absolute Gasteiger partial charge is 0.495 e. The van der Waals surface area contributed by atoms with Gasteiger partial charge in [-0.2, -0.15) is 0 Å². The van der Waals surface area contributed by atoms with Crippen molar-refractivity contribution in [3.8, 4) is 5.75 Å². The van der Waals surface area contributed by atoms with Gasteiger partial charge in [0, 0.05) is 11.7 Å². The summed E-state index contributed by atoms with van der Waals surface area (Å²) in [6, 6.07) is 5.57. The second-order valence-electron chi connectivity index (χ2n) is 5.38. The van der Waals surface area contributed by atoms with Crippen molar-refractivity contribution in [2.45, 2.75) is 38.3 Å². The second kappa shape index (κ2) is 6.13. The van der Waals surface area contributed by atoms with Crippen LogP contribution in [0.2, 0.25) is 0 Å². The minimum atomic E-state index is -0.175. The summed E-state index contributed by atoms with van der Waals surface area (Å²) in [5, 5.41) is 2.90. The number of ether oxygens (including phenoxy) is 1. The number of amides is 1. The molecule has 1 fully saturated rings. The molecule has 1 aliphatic carbocycles. The summed E-state index contributed by atoms with van der Waals surface area (Å²) in [5.41, 5.74) is 6.97. The average Bonchev–Trinajstić information content (AvgIpc) is 2.36. The quantitative estimate of drug-likeness (QED) is 0.809. The normalized spacial score (nSPS) is 16.6. The molecular weight excluding hydrogens is 254 g/mol. The van der Waals surface area contributed by atoms with E-state index in [2.05, 4.69) is 10.2 Å². The van der Waals surface area contributed by atoms with E-state index in [1.54, 1.807) is 25.3 Å². The van der Waals surface area contributed by atoms with Crippen molar-refractivity contribution in [3.05, 3.63) is 18.2 Å². The Morgan fingerprint density at radius 1 is 1.50 bits per heavy atom. The number of rotatable bonds is 5. The maximum absolute atomic E-state index is 12.3. The molecule has 1 atom stereocenters. The van der Waals surface area contributed by atoms with Gasteiger partial charge in [-0.1, -0.05) is 6.42 Å². The van der Waals surface area contributed by atoms with Crippen molar-refractivity contribution in [2.24, 2.45) is 0 Å². The van der Waals surface area contributed by atoms with E-state index in [0.717, 1.165) is 0 Å². The number of anilines is 2. The molecular formula is C15H23N3O2. The molecule has 2 rings (SSSR count). The van der Waals surface area contributed by atoms with E-state index >= 15 is 0 Å². The lowest BCUT2D eigenvalue weighted by atomic mass is 9.91. The molecule has 3 N–H and O–H groups in total. The first-order valence-electron chi connectivity index (χ1n) is 6.99. The fourth-order valence-electron chi connectivity index (χ4n) is 2.36. The highest BCUT2D eigenvalue weighted by atomic mass is 16.5. The number of methoxy groups -OCH3 is 1. The Morgan fingerprint density at radius 3 is 2.75 bits per heavy atom. The van der Waals surface area contributed by atoms with Gasteiger partial charge in [-0.15, -0.1) is 0 Å². The zero-order chi connectivity index (χ0) is 14.7. The van der Waals surface area contributed by atoms with Crippen LogP contribution in [0.25, 0.3) is 0 Å². The van der Waals surface area contributed by atoms with Crippen LogP contribution >= 0.6 is 0 Å². The number of nitrogens with zero attached hydrogens (tertiary/aromatic N) is 1. The fourth-order valence-corrected chi connectivity index (χ4v) is 2.36. The van der Waals surface area contributed by atoms with Crippen LogP contribution in [0.1, 0.15) is 26.2 Å². The topological polar surface area (TPSA) is 67.6 Å². The molecule has 0 aliphatic heterocycles. The Kier molecular flexibility index (Phi) is 4.49. The molecule has 1 amide bonds. The molecule has 110 valence electrons. The number of hydrogen-bond donors (Lipinski definition) is 2. The van der Waals surface area contributed by atoms with Gasteiger partial charge < -0.3 is 15.8 Å². The summed E-state index contributed by atoms with van der Waals surface area (Å²) in [4.78, 5) is 14.5. The highest BCUT2D eigenvalue weighted by Crippen LogP contribution is 2.28. The molecule has 1 aromatic carbocycles. The number of carbonyl (C=O) groups excluding carboxylic acids is 1.